The molecule has 0 unspecified atom stereocenters. The van der Waals surface area contributed by atoms with Crippen molar-refractivity contribution in [1.82, 2.24) is 10.7 Å². The van der Waals surface area contributed by atoms with Gasteiger partial charge in [-0.3, -0.25) is 9.59 Å². The number of hydrogen-bond acceptors (Lipinski definition) is 5. The molecule has 0 bridgehead atoms. The molecule has 0 spiro atoms. The summed E-state index contributed by atoms with van der Waals surface area (Å²) in [6.45, 7) is 3.99. The SMILES string of the molecule is C=CCc1cc(/C=N/NC(=O)C(=O)NCCc2ccccc2)cc(OC)c1O. The van der Waals surface area contributed by atoms with Crippen LogP contribution in [0.1, 0.15) is 16.7 Å². The first-order valence-corrected chi connectivity index (χ1v) is 8.71. The van der Waals surface area contributed by atoms with E-state index in [-0.39, 0.29) is 11.5 Å². The number of nitrogens with one attached hydrogen (secondary N) is 2. The summed E-state index contributed by atoms with van der Waals surface area (Å²) in [5.41, 5.74) is 4.45. The van der Waals surface area contributed by atoms with Gasteiger partial charge in [0.15, 0.2) is 11.5 Å². The Balaban J connectivity index is 1.89. The highest BCUT2D eigenvalue weighted by Crippen LogP contribution is 2.31. The van der Waals surface area contributed by atoms with Gasteiger partial charge in [-0.25, -0.2) is 5.43 Å². The Labute approximate surface area is 163 Å². The Morgan fingerprint density at radius 1 is 1.21 bits per heavy atom. The molecule has 0 aromatic heterocycles. The smallest absolute Gasteiger partial charge is 0.329 e. The van der Waals surface area contributed by atoms with Crippen LogP contribution in [0.3, 0.4) is 0 Å². The van der Waals surface area contributed by atoms with Crippen molar-refractivity contribution >= 4 is 18.0 Å². The fourth-order valence-corrected chi connectivity index (χ4v) is 2.49. The minimum atomic E-state index is -0.860. The number of hydrogen-bond donors (Lipinski definition) is 3. The maximum absolute atomic E-state index is 11.8. The number of hydrazone groups is 1. The van der Waals surface area contributed by atoms with Gasteiger partial charge in [-0.15, -0.1) is 6.58 Å². The summed E-state index contributed by atoms with van der Waals surface area (Å²) < 4.78 is 5.12. The van der Waals surface area contributed by atoms with Gasteiger partial charge in [0, 0.05) is 12.1 Å². The molecule has 2 aromatic rings. The number of rotatable bonds is 8. The van der Waals surface area contributed by atoms with Crippen molar-refractivity contribution in [1.29, 1.82) is 0 Å². The van der Waals surface area contributed by atoms with Crippen LogP contribution < -0.4 is 15.5 Å². The molecule has 0 aliphatic heterocycles. The van der Waals surface area contributed by atoms with Gasteiger partial charge in [0.25, 0.3) is 0 Å². The Hall–Kier alpha value is -3.61. The number of allylic oxidation sites excluding steroid dienone is 1. The van der Waals surface area contributed by atoms with E-state index in [1.807, 2.05) is 30.3 Å². The van der Waals surface area contributed by atoms with E-state index >= 15 is 0 Å². The van der Waals surface area contributed by atoms with Gasteiger partial charge < -0.3 is 15.2 Å². The second-order valence-corrected chi connectivity index (χ2v) is 5.91. The second-order valence-electron chi connectivity index (χ2n) is 5.91. The van der Waals surface area contributed by atoms with Crippen molar-refractivity contribution in [3.63, 3.8) is 0 Å². The minimum absolute atomic E-state index is 0.0291. The third-order valence-corrected chi connectivity index (χ3v) is 3.89. The van der Waals surface area contributed by atoms with Gasteiger partial charge in [0.2, 0.25) is 0 Å². The highest BCUT2D eigenvalue weighted by Gasteiger charge is 2.12. The largest absolute Gasteiger partial charge is 0.504 e. The number of benzene rings is 2. The lowest BCUT2D eigenvalue weighted by atomic mass is 10.1. The van der Waals surface area contributed by atoms with Crippen LogP contribution in [-0.2, 0) is 22.4 Å². The molecule has 0 saturated heterocycles. The Kier molecular flexibility index (Phi) is 7.77. The lowest BCUT2D eigenvalue weighted by Gasteiger charge is -2.09. The Morgan fingerprint density at radius 2 is 1.96 bits per heavy atom. The zero-order chi connectivity index (χ0) is 20.4. The van der Waals surface area contributed by atoms with Crippen LogP contribution >= 0.6 is 0 Å². The molecular formula is C21H23N3O4. The minimum Gasteiger partial charge on any atom is -0.504 e. The standard InChI is InChI=1S/C21H23N3O4/c1-3-7-17-12-16(13-18(28-2)19(17)25)14-23-24-21(27)20(26)22-11-10-15-8-5-4-6-9-15/h3-6,8-9,12-14,25H,1,7,10-11H2,2H3,(H,22,26)(H,24,27)/b23-14+. The van der Waals surface area contributed by atoms with E-state index in [4.69, 9.17) is 4.74 Å². The summed E-state index contributed by atoms with van der Waals surface area (Å²) in [6, 6.07) is 12.9. The van der Waals surface area contributed by atoms with Crippen molar-refractivity contribution in [2.24, 2.45) is 5.10 Å². The number of aromatic hydroxyl groups is 1. The maximum Gasteiger partial charge on any atom is 0.329 e. The molecule has 0 fully saturated rings. The van der Waals surface area contributed by atoms with Crippen molar-refractivity contribution < 1.29 is 19.4 Å². The molecule has 2 aromatic carbocycles. The summed E-state index contributed by atoms with van der Waals surface area (Å²) in [5, 5.41) is 16.4. The molecular weight excluding hydrogens is 358 g/mol. The first-order chi connectivity index (χ1) is 13.5. The topological polar surface area (TPSA) is 100 Å². The third kappa shape index (κ3) is 5.98. The second kappa shape index (κ2) is 10.5. The van der Waals surface area contributed by atoms with E-state index in [0.717, 1.165) is 5.56 Å². The summed E-state index contributed by atoms with van der Waals surface area (Å²) in [6.07, 6.45) is 4.09. The van der Waals surface area contributed by atoms with Crippen LogP contribution in [0.15, 0.2) is 60.2 Å². The first-order valence-electron chi connectivity index (χ1n) is 8.71. The summed E-state index contributed by atoms with van der Waals surface area (Å²) in [7, 11) is 1.44. The third-order valence-electron chi connectivity index (χ3n) is 3.89. The number of methoxy groups -OCH3 is 1. The highest BCUT2D eigenvalue weighted by molar-refractivity contribution is 6.35. The number of carbonyl (C=O) groups is 2. The lowest BCUT2D eigenvalue weighted by molar-refractivity contribution is -0.139. The predicted molar refractivity (Wildman–Crippen MR) is 107 cm³/mol. The molecule has 0 aliphatic rings. The average molecular weight is 381 g/mol. The average Bonchev–Trinajstić information content (AvgIpc) is 2.71. The molecule has 28 heavy (non-hydrogen) atoms. The maximum atomic E-state index is 11.8. The van der Waals surface area contributed by atoms with Gasteiger partial charge in [-0.2, -0.15) is 5.10 Å². The zero-order valence-corrected chi connectivity index (χ0v) is 15.6. The van der Waals surface area contributed by atoms with Gasteiger partial charge in [0.1, 0.15) is 0 Å². The fraction of sp³-hybridized carbons (Fsp3) is 0.190. The van der Waals surface area contributed by atoms with Crippen LogP contribution in [0.2, 0.25) is 0 Å². The van der Waals surface area contributed by atoms with Gasteiger partial charge in [0.05, 0.1) is 13.3 Å². The molecule has 0 aliphatic carbocycles. The van der Waals surface area contributed by atoms with Crippen LogP contribution in [0.25, 0.3) is 0 Å². The van der Waals surface area contributed by atoms with Gasteiger partial charge in [-0.1, -0.05) is 36.4 Å². The van der Waals surface area contributed by atoms with E-state index < -0.39 is 11.8 Å². The highest BCUT2D eigenvalue weighted by atomic mass is 16.5. The number of nitrogens with zero attached hydrogens (tertiary/aromatic N) is 1. The Bertz CT molecular complexity index is 863. The van der Waals surface area contributed by atoms with Crippen LogP contribution in [0.4, 0.5) is 0 Å². The van der Waals surface area contributed by atoms with Crippen LogP contribution in [0.5, 0.6) is 11.5 Å². The van der Waals surface area contributed by atoms with E-state index in [1.165, 1.54) is 13.3 Å². The number of phenolic OH excluding ortho intramolecular Hbond substituents is 1. The van der Waals surface area contributed by atoms with Crippen molar-refractivity contribution in [3.8, 4) is 11.5 Å². The van der Waals surface area contributed by atoms with Gasteiger partial charge in [-0.05, 0) is 36.1 Å². The number of ether oxygens (including phenoxy) is 1. The zero-order valence-electron chi connectivity index (χ0n) is 15.6. The fourth-order valence-electron chi connectivity index (χ4n) is 2.49. The molecule has 2 amide bonds. The molecule has 0 heterocycles. The summed E-state index contributed by atoms with van der Waals surface area (Å²) in [4.78, 5) is 23.6. The van der Waals surface area contributed by atoms with Crippen molar-refractivity contribution in [2.75, 3.05) is 13.7 Å². The normalized spacial score (nSPS) is 10.5. The first kappa shape index (κ1) is 20.7. The number of phenols is 1. The molecule has 3 N–H and O–H groups in total. The molecule has 0 atom stereocenters. The van der Waals surface area contributed by atoms with E-state index in [1.54, 1.807) is 18.2 Å². The molecule has 7 nitrogen and oxygen atoms in total. The molecule has 0 radical (unpaired) electrons. The molecule has 146 valence electrons. The number of carbonyl (C=O) groups excluding carboxylic acids is 2. The summed E-state index contributed by atoms with van der Waals surface area (Å²) in [5.74, 6) is -1.31. The van der Waals surface area contributed by atoms with Crippen LogP contribution in [-0.4, -0.2) is 36.8 Å². The van der Waals surface area contributed by atoms with Crippen LogP contribution in [0, 0.1) is 0 Å². The van der Waals surface area contributed by atoms with Crippen molar-refractivity contribution in [3.05, 3.63) is 71.8 Å². The monoisotopic (exact) mass is 381 g/mol. The molecule has 0 saturated carbocycles. The summed E-state index contributed by atoms with van der Waals surface area (Å²) >= 11 is 0. The van der Waals surface area contributed by atoms with E-state index in [9.17, 15) is 14.7 Å². The molecule has 7 heteroatoms. The predicted octanol–water partition coefficient (Wildman–Crippen LogP) is 1.94. The molecule has 2 rings (SSSR count). The number of amides is 2. The lowest BCUT2D eigenvalue weighted by Crippen LogP contribution is -2.38. The Morgan fingerprint density at radius 3 is 2.64 bits per heavy atom. The van der Waals surface area contributed by atoms with E-state index in [0.29, 0.717) is 30.5 Å². The van der Waals surface area contributed by atoms with Crippen molar-refractivity contribution in [2.45, 2.75) is 12.8 Å². The quantitative estimate of drug-likeness (QED) is 0.282. The van der Waals surface area contributed by atoms with Gasteiger partial charge >= 0.3 is 11.8 Å². The van der Waals surface area contributed by atoms with E-state index in [2.05, 4.69) is 22.4 Å².